The Morgan fingerprint density at radius 3 is 2.08 bits per heavy atom. The number of amides is 2. The van der Waals surface area contributed by atoms with Gasteiger partial charge in [0.05, 0.1) is 29.0 Å². The van der Waals surface area contributed by atoms with E-state index in [9.17, 15) is 13.2 Å². The van der Waals surface area contributed by atoms with Crippen LogP contribution < -0.4 is 20.2 Å². The molecule has 0 N–H and O–H groups in total. The molecule has 2 amide bonds. The molecule has 2 heterocycles. The van der Waals surface area contributed by atoms with Gasteiger partial charge in [0.25, 0.3) is 8.32 Å². The average Bonchev–Trinajstić information content (AvgIpc) is 3.06. The predicted octanol–water partition coefficient (Wildman–Crippen LogP) is 8.10. The molecule has 8 nitrogen and oxygen atoms in total. The van der Waals surface area contributed by atoms with Crippen molar-refractivity contribution in [1.29, 1.82) is 0 Å². The lowest BCUT2D eigenvalue weighted by Crippen LogP contribution is -2.66. The van der Waals surface area contributed by atoms with Gasteiger partial charge in [-0.05, 0) is 58.2 Å². The zero-order chi connectivity index (χ0) is 35.1. The molecule has 0 saturated heterocycles. The molecule has 0 saturated carbocycles. The number of nitrogens with zero attached hydrogens (tertiary/aromatic N) is 4. The van der Waals surface area contributed by atoms with Gasteiger partial charge in [0, 0.05) is 23.0 Å². The van der Waals surface area contributed by atoms with E-state index in [1.807, 2.05) is 61.5 Å². The summed E-state index contributed by atoms with van der Waals surface area (Å²) in [6.07, 6.45) is 2.08. The third kappa shape index (κ3) is 6.63. The highest BCUT2D eigenvalue weighted by Crippen LogP contribution is 2.42. The molecule has 49 heavy (non-hydrogen) atoms. The third-order valence-electron chi connectivity index (χ3n) is 8.68. The number of urea groups is 1. The molecule has 12 heteroatoms. The van der Waals surface area contributed by atoms with Gasteiger partial charge in [0.1, 0.15) is 0 Å². The molecule has 1 aliphatic rings. The minimum absolute atomic E-state index is 0.0725. The van der Waals surface area contributed by atoms with E-state index in [1.54, 1.807) is 24.3 Å². The summed E-state index contributed by atoms with van der Waals surface area (Å²) >= 11 is 12.8. The molecule has 0 radical (unpaired) electrons. The van der Waals surface area contributed by atoms with E-state index >= 15 is 0 Å². The van der Waals surface area contributed by atoms with Crippen molar-refractivity contribution >= 4 is 75.0 Å². The molecule has 0 fully saturated rings. The number of anilines is 3. The molecule has 6 rings (SSSR count). The summed E-state index contributed by atoms with van der Waals surface area (Å²) in [6, 6.07) is 32.7. The Bertz CT molecular complexity index is 2090. The lowest BCUT2D eigenvalue weighted by molar-refractivity contribution is 0.211. The molecule has 4 aromatic carbocycles. The number of halogens is 2. The summed E-state index contributed by atoms with van der Waals surface area (Å²) in [7, 11) is -6.69. The Balaban J connectivity index is 1.47. The van der Waals surface area contributed by atoms with Gasteiger partial charge < -0.3 is 4.43 Å². The fraction of sp³-hybridized carbons (Fsp3) is 0.216. The highest BCUT2D eigenvalue weighted by atomic mass is 35.5. The van der Waals surface area contributed by atoms with E-state index in [4.69, 9.17) is 27.6 Å². The topological polar surface area (TPSA) is 92.7 Å². The Kier molecular flexibility index (Phi) is 9.47. The standard InChI is InChI=1S/C37H36Cl2N4O4SSi/c1-25(47-49(37(2,3)4,30-15-8-6-9-16-30)31-17-10-7-11-18-31)26-13-12-14-29(21-26)43-34-27(23-40-35(41-34)48(5,45)46)24-42(36(43)44)33-20-19-28(38)22-32(33)39/h6-23,25H,24H2,1-5H3. The molecule has 0 spiro atoms. The molecule has 0 bridgehead atoms. The molecular formula is C37H36Cl2N4O4SSi. The van der Waals surface area contributed by atoms with Gasteiger partial charge in [-0.25, -0.2) is 23.1 Å². The van der Waals surface area contributed by atoms with Crippen LogP contribution in [0.1, 0.15) is 44.9 Å². The summed E-state index contributed by atoms with van der Waals surface area (Å²) in [5, 5.41) is 2.40. The van der Waals surface area contributed by atoms with E-state index in [0.717, 1.165) is 22.2 Å². The van der Waals surface area contributed by atoms with E-state index in [1.165, 1.54) is 16.0 Å². The first kappa shape index (κ1) is 34.8. The lowest BCUT2D eigenvalue weighted by atomic mass is 10.1. The first-order valence-corrected chi connectivity index (χ1v) is 20.3. The number of hydrogen-bond donors (Lipinski definition) is 0. The second-order valence-corrected chi connectivity index (χ2v) is 20.1. The van der Waals surface area contributed by atoms with Crippen LogP contribution >= 0.6 is 23.2 Å². The first-order valence-electron chi connectivity index (χ1n) is 15.7. The van der Waals surface area contributed by atoms with Crippen molar-refractivity contribution in [1.82, 2.24) is 9.97 Å². The van der Waals surface area contributed by atoms with Crippen LogP contribution in [0.2, 0.25) is 15.1 Å². The maximum absolute atomic E-state index is 14.4. The number of carbonyl (C=O) groups is 1. The van der Waals surface area contributed by atoms with E-state index < -0.39 is 30.3 Å². The minimum Gasteiger partial charge on any atom is -0.401 e. The van der Waals surface area contributed by atoms with Crippen molar-refractivity contribution < 1.29 is 17.6 Å². The molecule has 5 aromatic rings. The van der Waals surface area contributed by atoms with Crippen molar-refractivity contribution in [3.63, 3.8) is 0 Å². The Hall–Kier alpha value is -4.06. The molecule has 1 atom stereocenters. The van der Waals surface area contributed by atoms with Gasteiger partial charge in [-0.1, -0.05) is 117 Å². The molecule has 1 aliphatic heterocycles. The molecule has 252 valence electrons. The zero-order valence-electron chi connectivity index (χ0n) is 27.8. The maximum Gasteiger partial charge on any atom is 0.335 e. The van der Waals surface area contributed by atoms with Crippen LogP contribution in [0.4, 0.5) is 22.0 Å². The lowest BCUT2D eigenvalue weighted by Gasteiger charge is -2.44. The van der Waals surface area contributed by atoms with E-state index in [2.05, 4.69) is 55.0 Å². The van der Waals surface area contributed by atoms with Gasteiger partial charge >= 0.3 is 6.03 Å². The summed E-state index contributed by atoms with van der Waals surface area (Å²) in [4.78, 5) is 25.8. The number of hydrogen-bond acceptors (Lipinski definition) is 6. The highest BCUT2D eigenvalue weighted by Gasteiger charge is 2.51. The van der Waals surface area contributed by atoms with Gasteiger partial charge in [0.2, 0.25) is 15.0 Å². The molecule has 1 unspecified atom stereocenters. The van der Waals surface area contributed by atoms with Crippen molar-refractivity contribution in [2.24, 2.45) is 0 Å². The monoisotopic (exact) mass is 730 g/mol. The van der Waals surface area contributed by atoms with Crippen LogP contribution in [0.3, 0.4) is 0 Å². The fourth-order valence-electron chi connectivity index (χ4n) is 6.38. The normalized spacial score (nSPS) is 14.5. The second kappa shape index (κ2) is 13.3. The fourth-order valence-corrected chi connectivity index (χ4v) is 12.1. The smallest absolute Gasteiger partial charge is 0.335 e. The molecule has 1 aromatic heterocycles. The molecule has 0 aliphatic carbocycles. The number of fused-ring (bicyclic) bond motifs is 1. The van der Waals surface area contributed by atoms with Crippen molar-refractivity contribution in [2.75, 3.05) is 16.1 Å². The summed E-state index contributed by atoms with van der Waals surface area (Å²) < 4.78 is 32.4. The third-order valence-corrected chi connectivity index (χ3v) is 15.2. The summed E-state index contributed by atoms with van der Waals surface area (Å²) in [6.45, 7) is 8.76. The zero-order valence-corrected chi connectivity index (χ0v) is 31.1. The first-order chi connectivity index (χ1) is 23.2. The Morgan fingerprint density at radius 2 is 1.51 bits per heavy atom. The number of carbonyl (C=O) groups excluding carboxylic acids is 1. The number of benzene rings is 4. The largest absolute Gasteiger partial charge is 0.401 e. The van der Waals surface area contributed by atoms with Crippen LogP contribution in [-0.4, -0.2) is 39.0 Å². The SMILES string of the molecule is CC(O[Si](c1ccccc1)(c1ccccc1)C(C)(C)C)c1cccc(N2C(=O)N(c3ccc(Cl)cc3Cl)Cc3cnc(S(C)(=O)=O)nc32)c1. The van der Waals surface area contributed by atoms with E-state index in [0.29, 0.717) is 27.0 Å². The second-order valence-electron chi connectivity index (χ2n) is 13.1. The maximum atomic E-state index is 14.4. The van der Waals surface area contributed by atoms with Crippen LogP contribution in [-0.2, 0) is 20.8 Å². The van der Waals surface area contributed by atoms with Gasteiger partial charge in [-0.15, -0.1) is 0 Å². The number of aromatic nitrogens is 2. The Morgan fingerprint density at radius 1 is 0.878 bits per heavy atom. The minimum atomic E-state index is -3.77. The van der Waals surface area contributed by atoms with Crippen LogP contribution in [0.25, 0.3) is 0 Å². The number of sulfone groups is 1. The quantitative estimate of drug-likeness (QED) is 0.118. The van der Waals surface area contributed by atoms with Gasteiger partial charge in [0.15, 0.2) is 5.82 Å². The highest BCUT2D eigenvalue weighted by molar-refractivity contribution is 7.90. The van der Waals surface area contributed by atoms with Crippen LogP contribution in [0.15, 0.2) is 114 Å². The van der Waals surface area contributed by atoms with Crippen LogP contribution in [0.5, 0.6) is 0 Å². The van der Waals surface area contributed by atoms with Crippen molar-refractivity contribution in [3.05, 3.63) is 130 Å². The summed E-state index contributed by atoms with van der Waals surface area (Å²) in [5.74, 6) is 0.180. The number of rotatable bonds is 8. The van der Waals surface area contributed by atoms with Crippen molar-refractivity contribution in [2.45, 2.75) is 50.5 Å². The predicted molar refractivity (Wildman–Crippen MR) is 199 cm³/mol. The van der Waals surface area contributed by atoms with Crippen LogP contribution in [0, 0.1) is 0 Å². The summed E-state index contributed by atoms with van der Waals surface area (Å²) in [5.41, 5.74) is 2.30. The Labute approximate surface area is 298 Å². The van der Waals surface area contributed by atoms with Gasteiger partial charge in [-0.2, -0.15) is 4.98 Å². The van der Waals surface area contributed by atoms with E-state index in [-0.39, 0.29) is 22.6 Å². The average molecular weight is 732 g/mol. The van der Waals surface area contributed by atoms with Gasteiger partial charge in [-0.3, -0.25) is 4.90 Å². The molecular weight excluding hydrogens is 695 g/mol. The van der Waals surface area contributed by atoms with Crippen molar-refractivity contribution in [3.8, 4) is 0 Å².